The van der Waals surface area contributed by atoms with Gasteiger partial charge in [-0.25, -0.2) is 9.37 Å². The monoisotopic (exact) mass is 1150 g/mol. The number of halogens is 1. The van der Waals surface area contributed by atoms with Crippen molar-refractivity contribution in [2.75, 3.05) is 4.90 Å². The van der Waals surface area contributed by atoms with Crippen molar-refractivity contribution in [1.82, 2.24) is 9.97 Å². The summed E-state index contributed by atoms with van der Waals surface area (Å²) in [6.45, 7) is 12.4. The van der Waals surface area contributed by atoms with Gasteiger partial charge in [-0.1, -0.05) is 96.6 Å². The minimum Gasteiger partial charge on any atom is 3.00 e. The van der Waals surface area contributed by atoms with Gasteiger partial charge in [-0.05, 0) is 70.9 Å². The van der Waals surface area contributed by atoms with Crippen LogP contribution in [0.3, 0.4) is 0 Å². The second-order valence-electron chi connectivity index (χ2n) is 19.1. The first-order valence-corrected chi connectivity index (χ1v) is 31.3. The van der Waals surface area contributed by atoms with Crippen molar-refractivity contribution < 1.29 is 25.9 Å². The van der Waals surface area contributed by atoms with Crippen LogP contribution in [0.4, 0.5) is 21.5 Å². The van der Waals surface area contributed by atoms with Crippen LogP contribution in [0.25, 0.3) is 69.7 Å². The number of nitrogens with zero attached hydrogens (tertiary/aromatic N) is 4. The Morgan fingerprint density at radius 2 is 1.37 bits per heavy atom. The SMILES string of the molecule is Cc1cc(F)cc(C)c1N1c2c(c3ccccc3c3ccccc23)[N-]C1c1[c-]cc(C)c2c1sc1nc(-c3ccccc3)ccc12.[2H]C(C)(c1cc(-c2[c-]cccc2)nc[c]1[Ge]([CH3])([CH3])[CH3])C(C)C.[Ir+3]. The number of aromatic nitrogens is 2. The van der Waals surface area contributed by atoms with E-state index in [1.54, 1.807) is 23.5 Å². The Morgan fingerprint density at radius 1 is 0.721 bits per heavy atom. The number of thiophene rings is 1. The fourth-order valence-corrected chi connectivity index (χ4v) is 14.2. The number of rotatable bonds is 7. The van der Waals surface area contributed by atoms with Crippen molar-refractivity contribution >= 4 is 87.9 Å². The van der Waals surface area contributed by atoms with Crippen LogP contribution in [-0.4, -0.2) is 23.2 Å². The molecule has 8 heteroatoms. The zero-order chi connectivity index (χ0) is 47.6. The second-order valence-corrected chi connectivity index (χ2v) is 30.7. The van der Waals surface area contributed by atoms with Crippen molar-refractivity contribution in [1.29, 1.82) is 0 Å². The number of benzene rings is 7. The summed E-state index contributed by atoms with van der Waals surface area (Å²) in [5.74, 6) is 6.53. The molecule has 0 fully saturated rings. The molecule has 340 valence electrons. The normalized spacial score (nSPS) is 14.6. The Hall–Kier alpha value is -5.70. The standard InChI is InChI=1S/C41H28FN3S.C19H26GeN.Ir/c1-23-17-18-33(39-35(23)32-19-20-34(43-41(32)46-39)26-11-5-4-6-12-26)40-44-36-30-15-9-7-13-28(30)29-14-8-10-16-31(29)38(36)45(40)37-24(2)21-27(42)22-25(37)3;1-14(2)15(3)17-12-19(16-10-8-7-9-11-16)21-13-18(17)20(4,5)6;/h4-17,19-22,40H,1-3H3;7-10,12-15H,1-6H3;/q-2;-1;+3/i;15D;. The third kappa shape index (κ3) is 8.57. The van der Waals surface area contributed by atoms with Crippen LogP contribution in [0.2, 0.25) is 17.3 Å². The summed E-state index contributed by atoms with van der Waals surface area (Å²) < 4.78 is 26.1. The van der Waals surface area contributed by atoms with E-state index in [9.17, 15) is 4.39 Å². The quantitative estimate of drug-likeness (QED) is 0.0907. The molecule has 3 aromatic heterocycles. The minimum atomic E-state index is -2.08. The fraction of sp³-hybridized carbons (Fsp3) is 0.200. The predicted octanol–water partition coefficient (Wildman–Crippen LogP) is 17.0. The molecule has 0 N–H and O–H groups in total. The first kappa shape index (κ1) is 46.1. The summed E-state index contributed by atoms with van der Waals surface area (Å²) in [6, 6.07) is 54.0. The minimum absolute atomic E-state index is 0. The molecule has 4 nitrogen and oxygen atoms in total. The van der Waals surface area contributed by atoms with Gasteiger partial charge in [0.2, 0.25) is 0 Å². The average molecular weight is 1150 g/mol. The molecule has 0 spiro atoms. The van der Waals surface area contributed by atoms with Crippen LogP contribution in [0.5, 0.6) is 0 Å². The smallest absolute Gasteiger partial charge is 3.00 e. The van der Waals surface area contributed by atoms with Crippen LogP contribution in [-0.2, 0) is 20.1 Å². The van der Waals surface area contributed by atoms with E-state index in [0.29, 0.717) is 0 Å². The molecule has 4 heterocycles. The number of hydrogen-bond donors (Lipinski definition) is 0. The molecule has 0 saturated carbocycles. The molecule has 11 rings (SSSR count). The van der Waals surface area contributed by atoms with E-state index in [-0.39, 0.29) is 31.8 Å². The van der Waals surface area contributed by atoms with E-state index in [2.05, 4.69) is 145 Å². The van der Waals surface area contributed by atoms with Crippen LogP contribution >= 0.6 is 11.3 Å². The van der Waals surface area contributed by atoms with Gasteiger partial charge in [0, 0.05) is 22.3 Å². The Bertz CT molecular complexity index is 3530. The number of anilines is 2. The van der Waals surface area contributed by atoms with Gasteiger partial charge in [-0.15, -0.1) is 22.2 Å². The molecule has 68 heavy (non-hydrogen) atoms. The van der Waals surface area contributed by atoms with Crippen LogP contribution in [0.1, 0.15) is 62.0 Å². The second kappa shape index (κ2) is 19.0. The summed E-state index contributed by atoms with van der Waals surface area (Å²) in [5.41, 5.74) is 12.0. The number of hydrogen-bond acceptors (Lipinski definition) is 4. The van der Waals surface area contributed by atoms with E-state index < -0.39 is 25.3 Å². The molecule has 0 aliphatic carbocycles. The van der Waals surface area contributed by atoms with Gasteiger partial charge >= 0.3 is 153 Å². The van der Waals surface area contributed by atoms with E-state index in [0.717, 1.165) is 93.1 Å². The maximum absolute atomic E-state index is 14.7. The molecule has 0 saturated heterocycles. The third-order valence-electron chi connectivity index (χ3n) is 13.3. The van der Waals surface area contributed by atoms with Gasteiger partial charge in [0.15, 0.2) is 0 Å². The molecule has 1 aliphatic rings. The molecule has 0 amide bonds. The Morgan fingerprint density at radius 3 is 2.03 bits per heavy atom. The maximum atomic E-state index is 14.7. The first-order valence-electron chi connectivity index (χ1n) is 23.6. The maximum Gasteiger partial charge on any atom is 3.00 e. The predicted molar refractivity (Wildman–Crippen MR) is 286 cm³/mol. The third-order valence-corrected chi connectivity index (χ3v) is 18.6. The average Bonchev–Trinajstić information content (AvgIpc) is 3.92. The van der Waals surface area contributed by atoms with E-state index >= 15 is 0 Å². The van der Waals surface area contributed by atoms with E-state index in [4.69, 9.17) is 11.7 Å². The molecule has 2 unspecified atom stereocenters. The van der Waals surface area contributed by atoms with Crippen molar-refractivity contribution in [3.63, 3.8) is 0 Å². The van der Waals surface area contributed by atoms with Crippen molar-refractivity contribution in [2.45, 2.75) is 70.9 Å². The Kier molecular flexibility index (Phi) is 12.9. The van der Waals surface area contributed by atoms with Gasteiger partial charge in [0.1, 0.15) is 10.6 Å². The first-order chi connectivity index (χ1) is 32.6. The van der Waals surface area contributed by atoms with E-state index in [1.165, 1.54) is 20.6 Å². The molecule has 2 atom stereocenters. The molecule has 0 bridgehead atoms. The van der Waals surface area contributed by atoms with Crippen molar-refractivity contribution in [3.8, 4) is 22.5 Å². The van der Waals surface area contributed by atoms with Crippen molar-refractivity contribution in [3.05, 3.63) is 197 Å². The zero-order valence-electron chi connectivity index (χ0n) is 40.9. The van der Waals surface area contributed by atoms with Gasteiger partial charge in [-0.3, -0.25) is 0 Å². The molecule has 1 aliphatic heterocycles. The van der Waals surface area contributed by atoms with Gasteiger partial charge in [0.05, 0.1) is 5.69 Å². The summed E-state index contributed by atoms with van der Waals surface area (Å²) in [6.07, 6.45) is 1.62. The van der Waals surface area contributed by atoms with Crippen LogP contribution < -0.4 is 9.30 Å². The summed E-state index contributed by atoms with van der Waals surface area (Å²) in [5, 5.41) is 12.5. The number of fused-ring (bicyclic) bond motifs is 9. The summed E-state index contributed by atoms with van der Waals surface area (Å²) in [4.78, 5) is 13.2. The molecule has 7 aromatic carbocycles. The van der Waals surface area contributed by atoms with Gasteiger partial charge in [0.25, 0.3) is 0 Å². The number of aryl methyl sites for hydroxylation is 3. The van der Waals surface area contributed by atoms with E-state index in [1.807, 2.05) is 69.4 Å². The van der Waals surface area contributed by atoms with Crippen molar-refractivity contribution in [2.24, 2.45) is 5.92 Å². The fourth-order valence-electron chi connectivity index (χ4n) is 9.73. The van der Waals surface area contributed by atoms with Gasteiger partial charge in [-0.2, -0.15) is 23.5 Å². The Balaban J connectivity index is 0.000000218. The summed E-state index contributed by atoms with van der Waals surface area (Å²) >= 11 is -0.379. The number of pyridine rings is 2. The molecular weight excluding hydrogens is 1090 g/mol. The zero-order valence-corrected chi connectivity index (χ0v) is 45.2. The molecule has 0 radical (unpaired) electrons. The molecular formula is C60H54FGeIrN4S. The van der Waals surface area contributed by atoms with Crippen LogP contribution in [0, 0.1) is 44.6 Å². The molecule has 10 aromatic rings. The topological polar surface area (TPSA) is 43.1 Å². The Labute approximate surface area is 421 Å². The summed E-state index contributed by atoms with van der Waals surface area (Å²) in [7, 11) is 0. The van der Waals surface area contributed by atoms with Gasteiger partial charge < -0.3 is 10.2 Å². The largest absolute Gasteiger partial charge is 3.00 e. The van der Waals surface area contributed by atoms with Crippen LogP contribution in [0.15, 0.2) is 146 Å².